The van der Waals surface area contributed by atoms with Crippen LogP contribution in [0, 0.1) is 0 Å². The van der Waals surface area contributed by atoms with Crippen LogP contribution in [0.2, 0.25) is 0 Å². The van der Waals surface area contributed by atoms with Crippen LogP contribution in [0.4, 0.5) is 0 Å². The lowest BCUT2D eigenvalue weighted by Gasteiger charge is -2.32. The molecule has 0 radical (unpaired) electrons. The topological polar surface area (TPSA) is 49.4 Å². The normalized spacial score (nSPS) is 20.6. The number of likely N-dealkylation sites (tertiary alicyclic amines) is 1. The first-order valence-corrected chi connectivity index (χ1v) is 5.87. The van der Waals surface area contributed by atoms with Crippen molar-refractivity contribution in [3.05, 3.63) is 0 Å². The first kappa shape index (κ1) is 13.2. The average molecular weight is 226 g/mol. The van der Waals surface area contributed by atoms with E-state index in [1.807, 2.05) is 32.6 Å². The average Bonchev–Trinajstić information content (AvgIpc) is 2.14. The van der Waals surface area contributed by atoms with Gasteiger partial charge in [-0.2, -0.15) is 0 Å². The van der Waals surface area contributed by atoms with Crippen molar-refractivity contribution in [2.45, 2.75) is 52.1 Å². The van der Waals surface area contributed by atoms with Crippen molar-refractivity contribution in [2.24, 2.45) is 0 Å². The summed E-state index contributed by atoms with van der Waals surface area (Å²) < 4.78 is 0. The number of ketones is 1. The van der Waals surface area contributed by atoms with E-state index in [0.717, 1.165) is 13.0 Å². The molecule has 1 aliphatic heterocycles. The largest absolute Gasteiger partial charge is 0.350 e. The highest BCUT2D eigenvalue weighted by Crippen LogP contribution is 2.11. The first-order valence-electron chi connectivity index (χ1n) is 5.87. The molecular formula is C12H22N2O2. The van der Waals surface area contributed by atoms with Crippen molar-refractivity contribution in [1.29, 1.82) is 0 Å². The van der Waals surface area contributed by atoms with Crippen molar-refractivity contribution in [3.63, 3.8) is 0 Å². The fraction of sp³-hybridized carbons (Fsp3) is 0.833. The Morgan fingerprint density at radius 1 is 1.44 bits per heavy atom. The molecule has 1 amide bonds. The van der Waals surface area contributed by atoms with E-state index in [1.54, 1.807) is 0 Å². The Bertz CT molecular complexity index is 281. The van der Waals surface area contributed by atoms with Crippen molar-refractivity contribution in [1.82, 2.24) is 10.2 Å². The summed E-state index contributed by atoms with van der Waals surface area (Å²) in [5.74, 6) is 0.240. The maximum atomic E-state index is 11.9. The van der Waals surface area contributed by atoms with Crippen LogP contribution >= 0.6 is 0 Å². The quantitative estimate of drug-likeness (QED) is 0.763. The molecule has 92 valence electrons. The lowest BCUT2D eigenvalue weighted by atomic mass is 10.1. The third kappa shape index (κ3) is 3.93. The van der Waals surface area contributed by atoms with Crippen LogP contribution in [0.25, 0.3) is 0 Å². The molecule has 1 unspecified atom stereocenters. The minimum absolute atomic E-state index is 0.00204. The van der Waals surface area contributed by atoms with E-state index in [1.165, 1.54) is 0 Å². The molecule has 0 aromatic heterocycles. The molecule has 16 heavy (non-hydrogen) atoms. The summed E-state index contributed by atoms with van der Waals surface area (Å²) in [6, 6.07) is -0.219. The molecule has 0 aliphatic carbocycles. The molecule has 1 N–H and O–H groups in total. The van der Waals surface area contributed by atoms with Crippen LogP contribution < -0.4 is 5.32 Å². The number of rotatable bonds is 2. The summed E-state index contributed by atoms with van der Waals surface area (Å²) in [7, 11) is 0. The van der Waals surface area contributed by atoms with Gasteiger partial charge in [-0.3, -0.25) is 14.5 Å². The van der Waals surface area contributed by atoms with Gasteiger partial charge in [0.2, 0.25) is 5.91 Å². The molecule has 1 rings (SSSR count). The Labute approximate surface area is 97.4 Å². The number of hydrogen-bond donors (Lipinski definition) is 1. The highest BCUT2D eigenvalue weighted by Gasteiger charge is 2.27. The Morgan fingerprint density at radius 3 is 2.56 bits per heavy atom. The molecule has 1 fully saturated rings. The van der Waals surface area contributed by atoms with E-state index in [-0.39, 0.29) is 23.3 Å². The van der Waals surface area contributed by atoms with E-state index in [4.69, 9.17) is 0 Å². The second-order valence-corrected chi connectivity index (χ2v) is 5.53. The second kappa shape index (κ2) is 4.95. The van der Waals surface area contributed by atoms with Crippen molar-refractivity contribution in [2.75, 3.05) is 13.1 Å². The van der Waals surface area contributed by atoms with Gasteiger partial charge in [0.1, 0.15) is 5.78 Å². The highest BCUT2D eigenvalue weighted by molar-refractivity contribution is 5.85. The van der Waals surface area contributed by atoms with Crippen molar-refractivity contribution < 1.29 is 9.59 Å². The molecule has 4 nitrogen and oxygen atoms in total. The van der Waals surface area contributed by atoms with Crippen LogP contribution in [0.3, 0.4) is 0 Å². The van der Waals surface area contributed by atoms with Gasteiger partial charge >= 0.3 is 0 Å². The van der Waals surface area contributed by atoms with E-state index >= 15 is 0 Å². The maximum absolute atomic E-state index is 11.9. The number of piperidine rings is 1. The number of hydrogen-bond acceptors (Lipinski definition) is 3. The summed E-state index contributed by atoms with van der Waals surface area (Å²) in [6.07, 6.45) is 1.52. The molecule has 1 heterocycles. The lowest BCUT2D eigenvalue weighted by Crippen LogP contribution is -2.53. The molecular weight excluding hydrogens is 204 g/mol. The predicted octanol–water partition coefficient (Wildman–Crippen LogP) is 0.954. The Morgan fingerprint density at radius 2 is 2.06 bits per heavy atom. The molecule has 0 saturated carbocycles. The fourth-order valence-corrected chi connectivity index (χ4v) is 1.83. The molecule has 0 aromatic rings. The number of nitrogens with one attached hydrogen (secondary N) is 1. The van der Waals surface area contributed by atoms with Gasteiger partial charge < -0.3 is 5.32 Å². The van der Waals surface area contributed by atoms with Gasteiger partial charge in [0.05, 0.1) is 12.6 Å². The summed E-state index contributed by atoms with van der Waals surface area (Å²) in [5.41, 5.74) is -0.217. The van der Waals surface area contributed by atoms with Gasteiger partial charge in [0, 0.05) is 12.0 Å². The van der Waals surface area contributed by atoms with Gasteiger partial charge in [-0.1, -0.05) is 0 Å². The Kier molecular flexibility index (Phi) is 4.08. The number of amides is 1. The van der Waals surface area contributed by atoms with Gasteiger partial charge in [0.15, 0.2) is 0 Å². The van der Waals surface area contributed by atoms with Crippen LogP contribution in [-0.4, -0.2) is 41.3 Å². The van der Waals surface area contributed by atoms with Crippen LogP contribution in [0.15, 0.2) is 0 Å². The monoisotopic (exact) mass is 226 g/mol. The smallest absolute Gasteiger partial charge is 0.237 e. The zero-order valence-corrected chi connectivity index (χ0v) is 10.7. The third-order valence-electron chi connectivity index (χ3n) is 2.71. The fourth-order valence-electron chi connectivity index (χ4n) is 1.83. The zero-order chi connectivity index (χ0) is 12.3. The number of nitrogens with zero attached hydrogens (tertiary/aromatic N) is 1. The number of Topliss-reactive ketones (excluding diaryl/α,β-unsaturated/α-hetero) is 1. The summed E-state index contributed by atoms with van der Waals surface area (Å²) >= 11 is 0. The Balaban J connectivity index is 2.53. The molecule has 0 aromatic carbocycles. The molecule has 1 atom stereocenters. The van der Waals surface area contributed by atoms with E-state index in [2.05, 4.69) is 5.32 Å². The van der Waals surface area contributed by atoms with E-state index in [0.29, 0.717) is 13.0 Å². The molecule has 1 saturated heterocycles. The number of carbonyl (C=O) groups excluding carboxylic acids is 2. The lowest BCUT2D eigenvalue weighted by molar-refractivity contribution is -0.130. The van der Waals surface area contributed by atoms with Crippen molar-refractivity contribution in [3.8, 4) is 0 Å². The first-order chi connectivity index (χ1) is 7.29. The van der Waals surface area contributed by atoms with Crippen molar-refractivity contribution >= 4 is 11.7 Å². The van der Waals surface area contributed by atoms with Gasteiger partial charge in [-0.05, 0) is 40.7 Å². The second-order valence-electron chi connectivity index (χ2n) is 5.53. The third-order valence-corrected chi connectivity index (χ3v) is 2.71. The van der Waals surface area contributed by atoms with E-state index in [9.17, 15) is 9.59 Å². The standard InChI is InChI=1S/C12H22N2O2/c1-9(11(16)13-12(2,3)4)14-7-5-6-10(15)8-14/h9H,5-8H2,1-4H3,(H,13,16). The van der Waals surface area contributed by atoms with E-state index < -0.39 is 0 Å². The highest BCUT2D eigenvalue weighted by atomic mass is 16.2. The van der Waals surface area contributed by atoms with Crippen LogP contribution in [0.1, 0.15) is 40.5 Å². The minimum atomic E-state index is -0.219. The van der Waals surface area contributed by atoms with Gasteiger partial charge in [0.25, 0.3) is 0 Å². The molecule has 4 heteroatoms. The van der Waals surface area contributed by atoms with Gasteiger partial charge in [-0.25, -0.2) is 0 Å². The summed E-state index contributed by atoms with van der Waals surface area (Å²) in [5, 5.41) is 2.94. The van der Waals surface area contributed by atoms with Crippen LogP contribution in [-0.2, 0) is 9.59 Å². The molecule has 1 aliphatic rings. The molecule has 0 bridgehead atoms. The zero-order valence-electron chi connectivity index (χ0n) is 10.7. The van der Waals surface area contributed by atoms with Crippen LogP contribution in [0.5, 0.6) is 0 Å². The maximum Gasteiger partial charge on any atom is 0.237 e. The SMILES string of the molecule is CC(C(=O)NC(C)(C)C)N1CCCC(=O)C1. The Hall–Kier alpha value is -0.900. The number of carbonyl (C=O) groups is 2. The molecule has 0 spiro atoms. The van der Waals surface area contributed by atoms with Gasteiger partial charge in [-0.15, -0.1) is 0 Å². The summed E-state index contributed by atoms with van der Waals surface area (Å²) in [6.45, 7) is 8.99. The summed E-state index contributed by atoms with van der Waals surface area (Å²) in [4.78, 5) is 25.2. The predicted molar refractivity (Wildman–Crippen MR) is 63.2 cm³/mol. The minimum Gasteiger partial charge on any atom is -0.350 e.